The first-order valence-electron chi connectivity index (χ1n) is 30.1. The summed E-state index contributed by atoms with van der Waals surface area (Å²) in [5.41, 5.74) is 11.9. The van der Waals surface area contributed by atoms with E-state index in [0.717, 1.165) is 21.6 Å². The SMILES string of the molecule is CC(C)(C)OC(=O)N[C@@H](CSSC[C@H](NC(=O)OC(C)(C)C)C(=O)O)C(=O)O.CCOC(=O)[C@@H]([NH3+])CSSC[C@H]([NH3+])C(=O)OCC.CCOC(=O)[C@@H]([NH3+])CSSC[C@H]([NH3+])C(=O)OCC.CCOC(=O)[C@H](CSSC[C@H](NC(=O)OC(C)(C)C)C(=O)OCC)NC(=O)OC(C)(C)C.[Cl-].[Cl-].[Cl-].[Cl-]. The molecule has 0 aromatic carbocycles. The number of carbonyl (C=O) groups is 12. The normalized spacial score (nSPS) is 13.1. The van der Waals surface area contributed by atoms with Gasteiger partial charge in [0, 0.05) is 23.0 Å². The summed E-state index contributed by atoms with van der Waals surface area (Å²) in [7, 11) is 10.5. The molecule has 0 radical (unpaired) electrons. The zero-order chi connectivity index (χ0) is 75.0. The van der Waals surface area contributed by atoms with E-state index in [9.17, 15) is 67.7 Å². The second-order valence-corrected chi connectivity index (χ2v) is 33.3. The summed E-state index contributed by atoms with van der Waals surface area (Å²) in [6.07, 6.45) is -3.20. The minimum Gasteiger partial charge on any atom is -1.00 e. The average molecular weight is 1680 g/mol. The van der Waals surface area contributed by atoms with Gasteiger partial charge in [0.05, 0.1) is 62.7 Å². The Labute approximate surface area is 643 Å². The number of alkyl carbamates (subject to hydrolysis) is 4. The van der Waals surface area contributed by atoms with Crippen molar-refractivity contribution in [3.8, 4) is 0 Å². The monoisotopic (exact) mass is 1670 g/mol. The molecule has 592 valence electrons. The van der Waals surface area contributed by atoms with Crippen molar-refractivity contribution in [3.05, 3.63) is 0 Å². The molecule has 100 heavy (non-hydrogen) atoms. The topological polar surface area (TPSA) is 496 Å². The summed E-state index contributed by atoms with van der Waals surface area (Å²) in [6, 6.07) is -5.84. The molecule has 0 aliphatic rings. The number of hydrogen-bond acceptors (Lipinski definition) is 30. The van der Waals surface area contributed by atoms with Crippen LogP contribution in [0.1, 0.15) is 125 Å². The number of nitrogens with one attached hydrogen (secondary N) is 4. The predicted octanol–water partition coefficient (Wildman–Crippen LogP) is -8.95. The fraction of sp³-hybridized carbons (Fsp3) is 0.786. The molecule has 0 bridgehead atoms. The highest BCUT2D eigenvalue weighted by molar-refractivity contribution is 8.77. The van der Waals surface area contributed by atoms with Crippen molar-refractivity contribution in [2.24, 2.45) is 0 Å². The van der Waals surface area contributed by atoms with Crippen LogP contribution >= 0.6 is 86.4 Å². The summed E-state index contributed by atoms with van der Waals surface area (Å²) in [5.74, 6) is -2.38. The van der Waals surface area contributed by atoms with Crippen LogP contribution in [0.2, 0.25) is 0 Å². The molecule has 0 aromatic rings. The fourth-order valence-electron chi connectivity index (χ4n) is 5.27. The second-order valence-electron chi connectivity index (χ2n) is 23.0. The van der Waals surface area contributed by atoms with Gasteiger partial charge in [-0.3, -0.25) is 0 Å². The molecule has 44 heteroatoms. The van der Waals surface area contributed by atoms with E-state index in [2.05, 4.69) is 44.2 Å². The van der Waals surface area contributed by atoms with Gasteiger partial charge in [0.15, 0.2) is 24.2 Å². The van der Waals surface area contributed by atoms with Gasteiger partial charge in [-0.05, 0) is 125 Å². The molecule has 0 saturated carbocycles. The van der Waals surface area contributed by atoms with Gasteiger partial charge in [-0.1, -0.05) is 86.4 Å². The Morgan fingerprint density at radius 3 is 0.600 bits per heavy atom. The minimum atomic E-state index is -1.25. The molecule has 4 amide bonds. The Morgan fingerprint density at radius 1 is 0.290 bits per heavy atom. The van der Waals surface area contributed by atoms with Gasteiger partial charge in [-0.2, -0.15) is 0 Å². The number of carboxylic acid groups (broad SMARTS) is 2. The number of carbonyl (C=O) groups excluding carboxylic acids is 10. The van der Waals surface area contributed by atoms with Crippen LogP contribution in [-0.4, -0.2) is 239 Å². The first-order valence-corrected chi connectivity index (χ1v) is 40.0. The summed E-state index contributed by atoms with van der Waals surface area (Å²) >= 11 is 0. The molecule has 0 fully saturated rings. The number of quaternary nitrogens is 4. The number of ether oxygens (including phenoxy) is 10. The lowest BCUT2D eigenvalue weighted by atomic mass is 10.2. The van der Waals surface area contributed by atoms with Crippen LogP contribution in [0, 0.1) is 0 Å². The standard InChI is InChI=1S/C20H36N2O8S2.C16H28N2O8S2.2C10H20N2O4S2.4ClH/c1-9-27-15(23)13(21-17(25)29-19(3,4)5)11-31-32-12-14(16(24)28-10-2)22-18(26)30-20(6,7)8;1-15(2,3)25-13(23)17-9(11(19)20)7-27-28-8-10(12(21)22)18-14(24)26-16(4,5)6;2*1-3-15-9(13)7(11)5-17-18-6-8(12)10(14)16-4-2;;;;/h13-14H,9-12H2,1-8H3,(H,21,25)(H,22,26);9-10H,7-8H2,1-6H3,(H,17,23)(H,18,24)(H,19,20)(H,21,22);2*7-8H,3-6,11-12H2,1-2H3;4*1H/t13-,14-;9-,10-;2*7-,8-;;;;/m0000..../s1. The minimum absolute atomic E-state index is 0. The van der Waals surface area contributed by atoms with E-state index in [-0.39, 0.29) is 134 Å². The van der Waals surface area contributed by atoms with Gasteiger partial charge in [0.25, 0.3) is 0 Å². The molecular weight excluding hydrogens is 1570 g/mol. The molecule has 0 rings (SSSR count). The van der Waals surface area contributed by atoms with Crippen molar-refractivity contribution in [1.29, 1.82) is 0 Å². The first-order chi connectivity index (χ1) is 44.3. The number of halogens is 4. The molecular formula is C56H108Cl4N8O24S8. The van der Waals surface area contributed by atoms with Crippen LogP contribution in [0.5, 0.6) is 0 Å². The highest BCUT2D eigenvalue weighted by Gasteiger charge is 2.31. The average Bonchev–Trinajstić information content (AvgIpc) is 0.932. The van der Waals surface area contributed by atoms with Crippen LogP contribution in [-0.2, 0) is 85.7 Å². The van der Waals surface area contributed by atoms with Crippen molar-refractivity contribution in [1.82, 2.24) is 21.3 Å². The third-order valence-electron chi connectivity index (χ3n) is 9.33. The Kier molecular flexibility index (Phi) is 70.8. The maximum atomic E-state index is 12.2. The molecule has 0 saturated heterocycles. The van der Waals surface area contributed by atoms with E-state index in [1.165, 1.54) is 64.8 Å². The van der Waals surface area contributed by atoms with Crippen molar-refractivity contribution in [3.63, 3.8) is 0 Å². The molecule has 8 atom stereocenters. The third-order valence-corrected chi connectivity index (χ3v) is 19.3. The van der Waals surface area contributed by atoms with Gasteiger partial charge >= 0.3 is 72.1 Å². The Bertz CT molecular complexity index is 2150. The number of amides is 4. The van der Waals surface area contributed by atoms with Crippen molar-refractivity contribution in [2.75, 3.05) is 85.7 Å². The molecule has 0 aliphatic carbocycles. The molecule has 0 spiro atoms. The molecule has 0 aliphatic heterocycles. The van der Waals surface area contributed by atoms with Crippen molar-refractivity contribution < 1.29 is 188 Å². The number of hydrogen-bond donors (Lipinski definition) is 10. The quantitative estimate of drug-likeness (QED) is 0.0119. The lowest BCUT2D eigenvalue weighted by Gasteiger charge is -2.23. The van der Waals surface area contributed by atoms with E-state index in [0.29, 0.717) is 49.4 Å². The van der Waals surface area contributed by atoms with Gasteiger partial charge in [-0.15, -0.1) is 0 Å². The second kappa shape index (κ2) is 63.0. The van der Waals surface area contributed by atoms with Gasteiger partial charge in [0.1, 0.15) is 46.6 Å². The van der Waals surface area contributed by atoms with Crippen LogP contribution < -0.4 is 93.8 Å². The smallest absolute Gasteiger partial charge is 0.408 e. The van der Waals surface area contributed by atoms with E-state index < -0.39 is 94.8 Å². The molecule has 0 heterocycles. The zero-order valence-electron chi connectivity index (χ0n) is 60.0. The summed E-state index contributed by atoms with van der Waals surface area (Å²) in [5, 5.41) is 27.8. The lowest BCUT2D eigenvalue weighted by molar-refractivity contribution is -0.401. The number of rotatable bonds is 38. The maximum absolute atomic E-state index is 12.2. The van der Waals surface area contributed by atoms with Gasteiger partial charge < -0.3 is 151 Å². The van der Waals surface area contributed by atoms with E-state index >= 15 is 0 Å². The predicted molar refractivity (Wildman–Crippen MR) is 374 cm³/mol. The fourth-order valence-corrected chi connectivity index (χ4v) is 14.6. The zero-order valence-corrected chi connectivity index (χ0v) is 69.6. The molecule has 18 N–H and O–H groups in total. The van der Waals surface area contributed by atoms with Crippen LogP contribution in [0.4, 0.5) is 19.2 Å². The Morgan fingerprint density at radius 2 is 0.440 bits per heavy atom. The van der Waals surface area contributed by atoms with Crippen molar-refractivity contribution in [2.45, 2.75) is 195 Å². The maximum Gasteiger partial charge on any atom is 0.408 e. The number of esters is 6. The summed E-state index contributed by atoms with van der Waals surface area (Å²) in [4.78, 5) is 139. The highest BCUT2D eigenvalue weighted by Crippen LogP contribution is 2.26. The highest BCUT2D eigenvalue weighted by atomic mass is 35.5. The largest absolute Gasteiger partial charge is 1.00 e. The van der Waals surface area contributed by atoms with E-state index in [1.807, 2.05) is 0 Å². The van der Waals surface area contributed by atoms with Crippen LogP contribution in [0.25, 0.3) is 0 Å². The Hall–Kier alpha value is -3.36. The lowest BCUT2D eigenvalue weighted by Crippen LogP contribution is -3.00. The third kappa shape index (κ3) is 67.8. The Balaban J connectivity index is -0.000000191. The van der Waals surface area contributed by atoms with Crippen molar-refractivity contribution >= 4 is 158 Å². The van der Waals surface area contributed by atoms with E-state index in [1.54, 1.807) is 125 Å². The number of aliphatic carboxylic acids is 2. The van der Waals surface area contributed by atoms with Gasteiger partial charge in [-0.25, -0.2) is 57.5 Å². The van der Waals surface area contributed by atoms with Gasteiger partial charge in [0.2, 0.25) is 0 Å². The summed E-state index contributed by atoms with van der Waals surface area (Å²) < 4.78 is 49.8. The first kappa shape index (κ1) is 113. The molecule has 0 aromatic heterocycles. The molecule has 32 nitrogen and oxygen atoms in total. The van der Waals surface area contributed by atoms with E-state index in [4.69, 9.17) is 47.4 Å². The van der Waals surface area contributed by atoms with Crippen LogP contribution in [0.3, 0.4) is 0 Å². The molecule has 0 unspecified atom stereocenters. The number of carboxylic acids is 2. The van der Waals surface area contributed by atoms with Crippen LogP contribution in [0.15, 0.2) is 0 Å². The summed E-state index contributed by atoms with van der Waals surface area (Å²) in [6.45, 7) is 32.3.